The molecule has 0 aliphatic carbocycles. The van der Waals surface area contributed by atoms with Gasteiger partial charge in [0.15, 0.2) is 0 Å². The van der Waals surface area contributed by atoms with Crippen LogP contribution in [0.3, 0.4) is 0 Å². The molecule has 1 fully saturated rings. The zero-order valence-corrected chi connectivity index (χ0v) is 13.3. The van der Waals surface area contributed by atoms with Crippen molar-refractivity contribution in [3.8, 4) is 0 Å². The van der Waals surface area contributed by atoms with Crippen LogP contribution in [0.5, 0.6) is 0 Å². The van der Waals surface area contributed by atoms with Gasteiger partial charge in [-0.15, -0.1) is 12.4 Å². The largest absolute Gasteiger partial charge is 0.317 e. The lowest BCUT2D eigenvalue weighted by atomic mass is 10.1. The van der Waals surface area contributed by atoms with Gasteiger partial charge in [-0.2, -0.15) is 0 Å². The molecule has 1 unspecified atom stereocenters. The van der Waals surface area contributed by atoms with E-state index in [9.17, 15) is 0 Å². The average Bonchev–Trinajstić information content (AvgIpc) is 2.61. The summed E-state index contributed by atoms with van der Waals surface area (Å²) in [4.78, 5) is 2.50. The van der Waals surface area contributed by atoms with Gasteiger partial charge in [0.05, 0.1) is 0 Å². The number of halogens is 2. The molecule has 0 amide bonds. The second-order valence-corrected chi connectivity index (χ2v) is 5.79. The molecule has 0 saturated carbocycles. The van der Waals surface area contributed by atoms with Crippen molar-refractivity contribution in [1.29, 1.82) is 0 Å². The van der Waals surface area contributed by atoms with E-state index in [0.717, 1.165) is 23.6 Å². The highest BCUT2D eigenvalue weighted by molar-refractivity contribution is 9.10. The Labute approximate surface area is 125 Å². The fraction of sp³-hybridized carbons (Fsp3) is 0.571. The van der Waals surface area contributed by atoms with Gasteiger partial charge in [-0.05, 0) is 57.1 Å². The Morgan fingerprint density at radius 2 is 1.94 bits per heavy atom. The third-order valence-electron chi connectivity index (χ3n) is 3.51. The van der Waals surface area contributed by atoms with Crippen molar-refractivity contribution in [2.24, 2.45) is 0 Å². The summed E-state index contributed by atoms with van der Waals surface area (Å²) in [5, 5.41) is 3.47. The van der Waals surface area contributed by atoms with Crippen molar-refractivity contribution in [2.75, 3.05) is 20.1 Å². The SMILES string of the molecule is CN(Cc1ccc(Br)cc1)C1CCCNCC1.Cl. The minimum atomic E-state index is 0. The van der Waals surface area contributed by atoms with Crippen molar-refractivity contribution in [1.82, 2.24) is 10.2 Å². The highest BCUT2D eigenvalue weighted by Crippen LogP contribution is 2.16. The van der Waals surface area contributed by atoms with Gasteiger partial charge < -0.3 is 5.32 Å². The number of hydrogen-bond donors (Lipinski definition) is 1. The van der Waals surface area contributed by atoms with Crippen LogP contribution >= 0.6 is 28.3 Å². The lowest BCUT2D eigenvalue weighted by Gasteiger charge is -2.26. The molecule has 0 bridgehead atoms. The number of hydrogen-bond acceptors (Lipinski definition) is 2. The molecule has 1 aromatic rings. The van der Waals surface area contributed by atoms with Crippen LogP contribution in [0.4, 0.5) is 0 Å². The standard InChI is InChI=1S/C14H21BrN2.ClH/c1-17(14-3-2-9-16-10-8-14)11-12-4-6-13(15)7-5-12;/h4-7,14,16H,2-3,8-11H2,1H3;1H. The molecule has 0 aromatic heterocycles. The first-order valence-electron chi connectivity index (χ1n) is 6.41. The van der Waals surface area contributed by atoms with Gasteiger partial charge in [0.1, 0.15) is 0 Å². The molecule has 2 nitrogen and oxygen atoms in total. The molecule has 1 saturated heterocycles. The van der Waals surface area contributed by atoms with E-state index in [-0.39, 0.29) is 12.4 Å². The van der Waals surface area contributed by atoms with Crippen LogP contribution in [0.15, 0.2) is 28.7 Å². The monoisotopic (exact) mass is 332 g/mol. The molecule has 1 aliphatic heterocycles. The fourth-order valence-corrected chi connectivity index (χ4v) is 2.71. The maximum Gasteiger partial charge on any atom is 0.0233 e. The predicted molar refractivity (Wildman–Crippen MR) is 83.4 cm³/mol. The predicted octanol–water partition coefficient (Wildman–Crippen LogP) is 3.44. The van der Waals surface area contributed by atoms with Crippen LogP contribution in [0.1, 0.15) is 24.8 Å². The Bertz CT molecular complexity index is 334. The van der Waals surface area contributed by atoms with Gasteiger partial charge in [0, 0.05) is 17.1 Å². The van der Waals surface area contributed by atoms with E-state index in [4.69, 9.17) is 0 Å². The molecular weight excluding hydrogens is 312 g/mol. The van der Waals surface area contributed by atoms with Gasteiger partial charge in [0.2, 0.25) is 0 Å². The molecule has 18 heavy (non-hydrogen) atoms. The molecule has 1 atom stereocenters. The van der Waals surface area contributed by atoms with Crippen molar-refractivity contribution >= 4 is 28.3 Å². The van der Waals surface area contributed by atoms with Crippen LogP contribution < -0.4 is 5.32 Å². The Hall–Kier alpha value is -0.0900. The Kier molecular flexibility index (Phi) is 7.23. The smallest absolute Gasteiger partial charge is 0.0233 e. The van der Waals surface area contributed by atoms with E-state index in [0.29, 0.717) is 0 Å². The first-order valence-corrected chi connectivity index (χ1v) is 7.20. The van der Waals surface area contributed by atoms with E-state index in [1.54, 1.807) is 0 Å². The third-order valence-corrected chi connectivity index (χ3v) is 4.04. The van der Waals surface area contributed by atoms with Gasteiger partial charge in [-0.1, -0.05) is 28.1 Å². The quantitative estimate of drug-likeness (QED) is 0.911. The van der Waals surface area contributed by atoms with Crippen molar-refractivity contribution in [2.45, 2.75) is 31.8 Å². The summed E-state index contributed by atoms with van der Waals surface area (Å²) in [6.45, 7) is 3.40. The fourth-order valence-electron chi connectivity index (χ4n) is 2.45. The van der Waals surface area contributed by atoms with Crippen LogP contribution in [0.2, 0.25) is 0 Å². The molecule has 1 aromatic carbocycles. The highest BCUT2D eigenvalue weighted by Gasteiger charge is 2.16. The Balaban J connectivity index is 0.00000162. The summed E-state index contributed by atoms with van der Waals surface area (Å²) in [5.41, 5.74) is 1.40. The number of benzene rings is 1. The second kappa shape index (κ2) is 8.16. The van der Waals surface area contributed by atoms with Gasteiger partial charge >= 0.3 is 0 Å². The zero-order valence-electron chi connectivity index (χ0n) is 10.9. The van der Waals surface area contributed by atoms with E-state index >= 15 is 0 Å². The number of rotatable bonds is 3. The van der Waals surface area contributed by atoms with E-state index in [1.165, 1.54) is 31.4 Å². The Morgan fingerprint density at radius 1 is 1.22 bits per heavy atom. The summed E-state index contributed by atoms with van der Waals surface area (Å²) >= 11 is 3.48. The molecular formula is C14H22BrClN2. The molecule has 2 rings (SSSR count). The zero-order chi connectivity index (χ0) is 12.1. The first-order chi connectivity index (χ1) is 8.25. The van der Waals surface area contributed by atoms with Crippen molar-refractivity contribution in [3.05, 3.63) is 34.3 Å². The molecule has 1 aliphatic rings. The summed E-state index contributed by atoms with van der Waals surface area (Å²) in [5.74, 6) is 0. The van der Waals surface area contributed by atoms with Gasteiger partial charge in [-0.3, -0.25) is 4.90 Å². The summed E-state index contributed by atoms with van der Waals surface area (Å²) in [7, 11) is 2.25. The van der Waals surface area contributed by atoms with Crippen LogP contribution in [-0.2, 0) is 6.54 Å². The molecule has 1 N–H and O–H groups in total. The molecule has 0 spiro atoms. The topological polar surface area (TPSA) is 15.3 Å². The number of nitrogens with zero attached hydrogens (tertiary/aromatic N) is 1. The number of nitrogens with one attached hydrogen (secondary N) is 1. The van der Waals surface area contributed by atoms with Crippen molar-refractivity contribution < 1.29 is 0 Å². The second-order valence-electron chi connectivity index (χ2n) is 4.88. The van der Waals surface area contributed by atoms with E-state index in [2.05, 4.69) is 57.5 Å². The molecule has 4 heteroatoms. The Morgan fingerprint density at radius 3 is 2.67 bits per heavy atom. The lowest BCUT2D eigenvalue weighted by Crippen LogP contribution is -2.31. The summed E-state index contributed by atoms with van der Waals surface area (Å²) in [6, 6.07) is 9.38. The van der Waals surface area contributed by atoms with E-state index < -0.39 is 0 Å². The molecule has 102 valence electrons. The van der Waals surface area contributed by atoms with Crippen LogP contribution in [-0.4, -0.2) is 31.1 Å². The van der Waals surface area contributed by atoms with E-state index in [1.807, 2.05) is 0 Å². The lowest BCUT2D eigenvalue weighted by molar-refractivity contribution is 0.216. The normalized spacial score (nSPS) is 20.3. The van der Waals surface area contributed by atoms with Crippen molar-refractivity contribution in [3.63, 3.8) is 0 Å². The van der Waals surface area contributed by atoms with Gasteiger partial charge in [0.25, 0.3) is 0 Å². The maximum absolute atomic E-state index is 3.48. The summed E-state index contributed by atoms with van der Waals surface area (Å²) < 4.78 is 1.16. The minimum Gasteiger partial charge on any atom is -0.317 e. The summed E-state index contributed by atoms with van der Waals surface area (Å²) in [6.07, 6.45) is 3.89. The first kappa shape index (κ1) is 16.0. The van der Waals surface area contributed by atoms with Crippen LogP contribution in [0.25, 0.3) is 0 Å². The minimum absolute atomic E-state index is 0. The maximum atomic E-state index is 3.48. The van der Waals surface area contributed by atoms with Crippen LogP contribution in [0, 0.1) is 0 Å². The van der Waals surface area contributed by atoms with Gasteiger partial charge in [-0.25, -0.2) is 0 Å². The highest BCUT2D eigenvalue weighted by atomic mass is 79.9. The average molecular weight is 334 g/mol. The molecule has 1 heterocycles. The molecule has 0 radical (unpaired) electrons. The third kappa shape index (κ3) is 4.88.